The van der Waals surface area contributed by atoms with Gasteiger partial charge in [-0.3, -0.25) is 4.79 Å². The summed E-state index contributed by atoms with van der Waals surface area (Å²) in [5.41, 5.74) is 2.47. The van der Waals surface area contributed by atoms with Crippen molar-refractivity contribution in [2.24, 2.45) is 5.92 Å². The van der Waals surface area contributed by atoms with E-state index in [1.165, 1.54) is 5.56 Å². The minimum Gasteiger partial charge on any atom is -0.375 e. The zero-order valence-electron chi connectivity index (χ0n) is 14.1. The van der Waals surface area contributed by atoms with Crippen LogP contribution in [0.2, 0.25) is 0 Å². The van der Waals surface area contributed by atoms with Crippen LogP contribution in [0, 0.1) is 5.92 Å². The van der Waals surface area contributed by atoms with Crippen molar-refractivity contribution in [1.29, 1.82) is 0 Å². The molecule has 0 aliphatic carbocycles. The van der Waals surface area contributed by atoms with Gasteiger partial charge in [-0.15, -0.1) is 0 Å². The lowest BCUT2D eigenvalue weighted by Gasteiger charge is -2.30. The van der Waals surface area contributed by atoms with Gasteiger partial charge in [0.15, 0.2) is 0 Å². The third kappa shape index (κ3) is 4.55. The average molecular weight is 304 g/mol. The molecule has 1 amide bonds. The van der Waals surface area contributed by atoms with Crippen LogP contribution in [-0.4, -0.2) is 31.2 Å². The summed E-state index contributed by atoms with van der Waals surface area (Å²) in [5.74, 6) is 0.660. The van der Waals surface area contributed by atoms with Crippen LogP contribution in [0.15, 0.2) is 24.3 Å². The fourth-order valence-corrected chi connectivity index (χ4v) is 2.83. The van der Waals surface area contributed by atoms with Crippen molar-refractivity contribution < 1.29 is 9.53 Å². The molecule has 1 fully saturated rings. The van der Waals surface area contributed by atoms with Crippen molar-refractivity contribution in [3.8, 4) is 0 Å². The SMILES string of the molecule is CC(C)Cc1ccc(C(C)NC(=O)[C@H]2NCCO[C@@H]2C)cc1. The smallest absolute Gasteiger partial charge is 0.240 e. The number of benzene rings is 1. The molecule has 122 valence electrons. The Labute approximate surface area is 133 Å². The number of carbonyl (C=O) groups excluding carboxylic acids is 1. The Kier molecular flexibility index (Phi) is 5.98. The number of nitrogens with one attached hydrogen (secondary N) is 2. The fraction of sp³-hybridized carbons (Fsp3) is 0.611. The first-order chi connectivity index (χ1) is 10.5. The van der Waals surface area contributed by atoms with Crippen LogP contribution in [0.25, 0.3) is 0 Å². The lowest BCUT2D eigenvalue weighted by Crippen LogP contribution is -2.55. The molecule has 0 saturated carbocycles. The van der Waals surface area contributed by atoms with E-state index in [0.29, 0.717) is 12.5 Å². The van der Waals surface area contributed by atoms with Gasteiger partial charge in [-0.1, -0.05) is 38.1 Å². The van der Waals surface area contributed by atoms with Crippen LogP contribution >= 0.6 is 0 Å². The summed E-state index contributed by atoms with van der Waals surface area (Å²) >= 11 is 0. The summed E-state index contributed by atoms with van der Waals surface area (Å²) in [4.78, 5) is 12.4. The number of carbonyl (C=O) groups is 1. The molecule has 0 radical (unpaired) electrons. The zero-order chi connectivity index (χ0) is 16.1. The number of rotatable bonds is 5. The number of morpholine rings is 1. The van der Waals surface area contributed by atoms with E-state index in [2.05, 4.69) is 48.7 Å². The van der Waals surface area contributed by atoms with E-state index in [9.17, 15) is 4.79 Å². The van der Waals surface area contributed by atoms with Crippen LogP contribution in [-0.2, 0) is 16.0 Å². The lowest BCUT2D eigenvalue weighted by molar-refractivity contribution is -0.129. The largest absolute Gasteiger partial charge is 0.375 e. The van der Waals surface area contributed by atoms with Crippen molar-refractivity contribution in [2.75, 3.05) is 13.2 Å². The van der Waals surface area contributed by atoms with E-state index >= 15 is 0 Å². The standard InChI is InChI=1S/C18H28N2O2/c1-12(2)11-15-5-7-16(8-6-15)13(3)20-18(21)17-14(4)22-10-9-19-17/h5-8,12-14,17,19H,9-11H2,1-4H3,(H,20,21)/t13?,14-,17+/m1/s1. The van der Waals surface area contributed by atoms with Gasteiger partial charge in [0.1, 0.15) is 6.04 Å². The zero-order valence-corrected chi connectivity index (χ0v) is 14.1. The van der Waals surface area contributed by atoms with Crippen molar-refractivity contribution >= 4 is 5.91 Å². The fourth-order valence-electron chi connectivity index (χ4n) is 2.83. The maximum absolute atomic E-state index is 12.4. The highest BCUT2D eigenvalue weighted by atomic mass is 16.5. The topological polar surface area (TPSA) is 50.4 Å². The molecule has 1 heterocycles. The Bertz CT molecular complexity index is 484. The summed E-state index contributed by atoms with van der Waals surface area (Å²) in [6.45, 7) is 9.78. The van der Waals surface area contributed by atoms with Crippen LogP contribution in [0.1, 0.15) is 44.9 Å². The van der Waals surface area contributed by atoms with Gasteiger partial charge in [0, 0.05) is 6.54 Å². The molecule has 1 aromatic rings. The second kappa shape index (κ2) is 7.75. The Morgan fingerprint density at radius 2 is 2.00 bits per heavy atom. The third-order valence-corrected chi connectivity index (χ3v) is 4.08. The maximum atomic E-state index is 12.4. The van der Waals surface area contributed by atoms with E-state index in [1.807, 2.05) is 13.8 Å². The molecule has 0 spiro atoms. The Hall–Kier alpha value is -1.39. The van der Waals surface area contributed by atoms with E-state index in [-0.39, 0.29) is 24.1 Å². The molecule has 1 aliphatic heterocycles. The highest BCUT2D eigenvalue weighted by Crippen LogP contribution is 2.16. The highest BCUT2D eigenvalue weighted by molar-refractivity contribution is 5.82. The monoisotopic (exact) mass is 304 g/mol. The van der Waals surface area contributed by atoms with E-state index in [4.69, 9.17) is 4.74 Å². The summed E-state index contributed by atoms with van der Waals surface area (Å²) in [5, 5.41) is 6.29. The van der Waals surface area contributed by atoms with Crippen molar-refractivity contribution in [3.63, 3.8) is 0 Å². The van der Waals surface area contributed by atoms with Crippen LogP contribution in [0.4, 0.5) is 0 Å². The summed E-state index contributed by atoms with van der Waals surface area (Å²) < 4.78 is 5.53. The van der Waals surface area contributed by atoms with Gasteiger partial charge in [0.25, 0.3) is 0 Å². The lowest BCUT2D eigenvalue weighted by atomic mass is 9.99. The average Bonchev–Trinajstić information content (AvgIpc) is 2.47. The Morgan fingerprint density at radius 3 is 2.59 bits per heavy atom. The first-order valence-corrected chi connectivity index (χ1v) is 8.21. The molecule has 1 aliphatic rings. The second-order valence-electron chi connectivity index (χ2n) is 6.58. The molecule has 4 heteroatoms. The number of amides is 1. The molecule has 3 atom stereocenters. The molecular weight excluding hydrogens is 276 g/mol. The molecule has 22 heavy (non-hydrogen) atoms. The molecule has 2 N–H and O–H groups in total. The highest BCUT2D eigenvalue weighted by Gasteiger charge is 2.29. The van der Waals surface area contributed by atoms with Gasteiger partial charge in [0.05, 0.1) is 18.8 Å². The van der Waals surface area contributed by atoms with Crippen molar-refractivity contribution in [3.05, 3.63) is 35.4 Å². The molecule has 2 rings (SSSR count). The van der Waals surface area contributed by atoms with Crippen LogP contribution < -0.4 is 10.6 Å². The van der Waals surface area contributed by atoms with Gasteiger partial charge in [0.2, 0.25) is 5.91 Å². The molecule has 0 bridgehead atoms. The molecule has 4 nitrogen and oxygen atoms in total. The molecular formula is C18H28N2O2. The third-order valence-electron chi connectivity index (χ3n) is 4.08. The van der Waals surface area contributed by atoms with Gasteiger partial charge >= 0.3 is 0 Å². The summed E-state index contributed by atoms with van der Waals surface area (Å²) in [7, 11) is 0. The predicted molar refractivity (Wildman–Crippen MR) is 88.7 cm³/mol. The molecule has 1 saturated heterocycles. The van der Waals surface area contributed by atoms with E-state index in [1.54, 1.807) is 0 Å². The maximum Gasteiger partial charge on any atom is 0.240 e. The van der Waals surface area contributed by atoms with Crippen molar-refractivity contribution in [2.45, 2.75) is 52.3 Å². The van der Waals surface area contributed by atoms with E-state index in [0.717, 1.165) is 18.5 Å². The molecule has 1 aromatic carbocycles. The number of hydrogen-bond donors (Lipinski definition) is 2. The molecule has 1 unspecified atom stereocenters. The quantitative estimate of drug-likeness (QED) is 0.878. The summed E-state index contributed by atoms with van der Waals surface area (Å²) in [6, 6.07) is 8.26. The van der Waals surface area contributed by atoms with Crippen molar-refractivity contribution in [1.82, 2.24) is 10.6 Å². The van der Waals surface area contributed by atoms with E-state index < -0.39 is 0 Å². The minimum absolute atomic E-state index is 0.00322. The van der Waals surface area contributed by atoms with Gasteiger partial charge < -0.3 is 15.4 Å². The normalized spacial score (nSPS) is 23.3. The first kappa shape index (κ1) is 17.0. The second-order valence-corrected chi connectivity index (χ2v) is 6.58. The molecule has 0 aromatic heterocycles. The Balaban J connectivity index is 1.93. The van der Waals surface area contributed by atoms with Gasteiger partial charge in [-0.05, 0) is 37.3 Å². The van der Waals surface area contributed by atoms with Gasteiger partial charge in [-0.2, -0.15) is 0 Å². The number of hydrogen-bond acceptors (Lipinski definition) is 3. The van der Waals surface area contributed by atoms with Gasteiger partial charge in [-0.25, -0.2) is 0 Å². The summed E-state index contributed by atoms with van der Waals surface area (Å²) in [6.07, 6.45) is 0.997. The number of ether oxygens (including phenoxy) is 1. The Morgan fingerprint density at radius 1 is 1.32 bits per heavy atom. The predicted octanol–water partition coefficient (Wildman–Crippen LogP) is 2.44. The van der Waals surface area contributed by atoms with Crippen LogP contribution in [0.3, 0.4) is 0 Å². The minimum atomic E-state index is -0.267. The first-order valence-electron chi connectivity index (χ1n) is 8.21. The van der Waals surface area contributed by atoms with Crippen LogP contribution in [0.5, 0.6) is 0 Å².